The number of hydrogen-bond donors (Lipinski definition) is 1. The molecule has 0 radical (unpaired) electrons. The van der Waals surface area contributed by atoms with Crippen LogP contribution in [-0.2, 0) is 46.5 Å². The second-order valence-electron chi connectivity index (χ2n) is 6.43. The van der Waals surface area contributed by atoms with E-state index >= 15 is 0 Å². The first-order chi connectivity index (χ1) is 12.5. The van der Waals surface area contributed by atoms with Crippen LogP contribution in [-0.4, -0.2) is 31.3 Å². The highest BCUT2D eigenvalue weighted by Crippen LogP contribution is 2.21. The Hall–Kier alpha value is -1.41. The third-order valence-electron chi connectivity index (χ3n) is 4.37. The average molecular weight is 398 g/mol. The van der Waals surface area contributed by atoms with Crippen molar-refractivity contribution in [2.24, 2.45) is 0 Å². The smallest absolute Gasteiger partial charge is 0.215 e. The number of aryl methyl sites for hydroxylation is 1. The summed E-state index contributed by atoms with van der Waals surface area (Å²) in [7, 11) is -3.40. The van der Waals surface area contributed by atoms with Crippen molar-refractivity contribution in [2.45, 2.75) is 45.1 Å². The number of nitrogens with one attached hydrogen (secondary N) is 1. The molecule has 8 heteroatoms. The van der Waals surface area contributed by atoms with Crippen molar-refractivity contribution < 1.29 is 13.2 Å². The molecule has 3 rings (SSSR count). The van der Waals surface area contributed by atoms with E-state index in [1.807, 2.05) is 0 Å². The molecule has 0 amide bonds. The normalized spacial score (nSPS) is 14.4. The molecular weight excluding hydrogens is 374 g/mol. The van der Waals surface area contributed by atoms with E-state index in [4.69, 9.17) is 16.3 Å². The summed E-state index contributed by atoms with van der Waals surface area (Å²) < 4.78 is 34.8. The summed E-state index contributed by atoms with van der Waals surface area (Å²) in [4.78, 5) is 0. The van der Waals surface area contributed by atoms with Crippen molar-refractivity contribution >= 4 is 21.6 Å². The zero-order valence-electron chi connectivity index (χ0n) is 14.9. The molecule has 142 valence electrons. The Balaban J connectivity index is 1.61. The Morgan fingerprint density at radius 3 is 2.81 bits per heavy atom. The molecule has 1 aromatic heterocycles. The summed E-state index contributed by atoms with van der Waals surface area (Å²) in [6.45, 7) is 4.61. The van der Waals surface area contributed by atoms with Gasteiger partial charge in [0.2, 0.25) is 10.0 Å². The summed E-state index contributed by atoms with van der Waals surface area (Å²) in [6, 6.07) is 6.83. The first-order valence-electron chi connectivity index (χ1n) is 8.85. The molecule has 0 saturated carbocycles. The quantitative estimate of drug-likeness (QED) is 0.743. The Morgan fingerprint density at radius 1 is 1.31 bits per heavy atom. The van der Waals surface area contributed by atoms with Gasteiger partial charge in [0, 0.05) is 42.2 Å². The van der Waals surface area contributed by atoms with Gasteiger partial charge in [0.25, 0.3) is 0 Å². The highest BCUT2D eigenvalue weighted by molar-refractivity contribution is 7.88. The highest BCUT2D eigenvalue weighted by Gasteiger charge is 2.21. The van der Waals surface area contributed by atoms with Crippen molar-refractivity contribution in [3.8, 4) is 0 Å². The van der Waals surface area contributed by atoms with E-state index in [0.717, 1.165) is 37.3 Å². The molecule has 0 atom stereocenters. The molecule has 1 aliphatic rings. The number of ether oxygens (including phenoxy) is 1. The van der Waals surface area contributed by atoms with Crippen molar-refractivity contribution in [1.29, 1.82) is 0 Å². The van der Waals surface area contributed by atoms with Gasteiger partial charge in [0.05, 0.1) is 24.7 Å². The number of benzene rings is 1. The maximum absolute atomic E-state index is 12.3. The zero-order chi connectivity index (χ0) is 18.6. The molecule has 1 N–H and O–H groups in total. The van der Waals surface area contributed by atoms with E-state index in [1.165, 1.54) is 5.69 Å². The lowest BCUT2D eigenvalue weighted by Gasteiger charge is -2.15. The molecule has 0 bridgehead atoms. The van der Waals surface area contributed by atoms with E-state index in [0.29, 0.717) is 30.2 Å². The van der Waals surface area contributed by atoms with Crippen LogP contribution in [0.1, 0.15) is 35.9 Å². The third-order valence-corrected chi connectivity index (χ3v) is 5.98. The van der Waals surface area contributed by atoms with Crippen molar-refractivity contribution in [1.82, 2.24) is 14.5 Å². The summed E-state index contributed by atoms with van der Waals surface area (Å²) >= 11 is 5.83. The molecule has 26 heavy (non-hydrogen) atoms. The van der Waals surface area contributed by atoms with E-state index in [-0.39, 0.29) is 5.75 Å². The summed E-state index contributed by atoms with van der Waals surface area (Å²) in [6.07, 6.45) is 2.44. The van der Waals surface area contributed by atoms with Gasteiger partial charge in [0.15, 0.2) is 0 Å². The lowest BCUT2D eigenvalue weighted by atomic mass is 10.1. The number of rotatable bonds is 8. The van der Waals surface area contributed by atoms with E-state index in [2.05, 4.69) is 21.4 Å². The maximum Gasteiger partial charge on any atom is 0.215 e. The van der Waals surface area contributed by atoms with E-state index in [9.17, 15) is 8.42 Å². The van der Waals surface area contributed by atoms with Crippen LogP contribution >= 0.6 is 11.6 Å². The second kappa shape index (κ2) is 8.52. The molecule has 0 aliphatic carbocycles. The van der Waals surface area contributed by atoms with Crippen molar-refractivity contribution in [3.63, 3.8) is 0 Å². The standard InChI is InChI=1S/C18H24ClN3O3S/c1-2-10-22-18-8-11-25-12-16(18)17(21-22)7-9-20-26(23,24)13-14-3-5-15(19)6-4-14/h3-6,20H,2,7-13H2,1H3. The fourth-order valence-corrected chi connectivity index (χ4v) is 4.42. The predicted octanol–water partition coefficient (Wildman–Crippen LogP) is 2.68. The van der Waals surface area contributed by atoms with Gasteiger partial charge in [-0.25, -0.2) is 13.1 Å². The fourth-order valence-electron chi connectivity index (χ4n) is 3.15. The first kappa shape index (κ1) is 19.4. The Morgan fingerprint density at radius 2 is 2.08 bits per heavy atom. The summed E-state index contributed by atoms with van der Waals surface area (Å²) in [5.41, 5.74) is 4.00. The zero-order valence-corrected chi connectivity index (χ0v) is 16.4. The van der Waals surface area contributed by atoms with Crippen LogP contribution in [0.3, 0.4) is 0 Å². The van der Waals surface area contributed by atoms with Gasteiger partial charge in [-0.15, -0.1) is 0 Å². The molecule has 0 saturated heterocycles. The lowest BCUT2D eigenvalue weighted by Crippen LogP contribution is -2.27. The Kier molecular flexibility index (Phi) is 6.34. The molecule has 2 heterocycles. The molecule has 1 aliphatic heterocycles. The summed E-state index contributed by atoms with van der Waals surface area (Å²) in [5, 5.41) is 5.27. The minimum atomic E-state index is -3.40. The van der Waals surface area contributed by atoms with Gasteiger partial charge in [-0.05, 0) is 24.1 Å². The van der Waals surface area contributed by atoms with E-state index in [1.54, 1.807) is 24.3 Å². The number of aromatic nitrogens is 2. The lowest BCUT2D eigenvalue weighted by molar-refractivity contribution is 0.108. The van der Waals surface area contributed by atoms with Gasteiger partial charge in [0.1, 0.15) is 0 Å². The number of nitrogens with zero attached hydrogens (tertiary/aromatic N) is 2. The van der Waals surface area contributed by atoms with E-state index < -0.39 is 10.0 Å². The van der Waals surface area contributed by atoms with Crippen LogP contribution in [0.25, 0.3) is 0 Å². The largest absolute Gasteiger partial charge is 0.376 e. The minimum Gasteiger partial charge on any atom is -0.376 e. The molecule has 1 aromatic carbocycles. The summed E-state index contributed by atoms with van der Waals surface area (Å²) in [5.74, 6) is -0.0599. The van der Waals surface area contributed by atoms with Crippen molar-refractivity contribution in [3.05, 3.63) is 51.8 Å². The Bertz CT molecular complexity index is 847. The maximum atomic E-state index is 12.3. The van der Waals surface area contributed by atoms with Gasteiger partial charge >= 0.3 is 0 Å². The molecule has 0 fully saturated rings. The second-order valence-corrected chi connectivity index (χ2v) is 8.67. The Labute approximate surface area is 159 Å². The van der Waals surface area contributed by atoms with Crippen LogP contribution in [0.15, 0.2) is 24.3 Å². The number of halogens is 1. The molecule has 2 aromatic rings. The highest BCUT2D eigenvalue weighted by atomic mass is 35.5. The topological polar surface area (TPSA) is 73.2 Å². The minimum absolute atomic E-state index is 0.0599. The van der Waals surface area contributed by atoms with Crippen molar-refractivity contribution in [2.75, 3.05) is 13.2 Å². The fraction of sp³-hybridized carbons (Fsp3) is 0.500. The number of fused-ring (bicyclic) bond motifs is 1. The predicted molar refractivity (Wildman–Crippen MR) is 102 cm³/mol. The molecule has 0 unspecified atom stereocenters. The van der Waals surface area contributed by atoms with Crippen LogP contribution < -0.4 is 4.72 Å². The SMILES string of the molecule is CCCn1nc(CCNS(=O)(=O)Cc2ccc(Cl)cc2)c2c1CCOC2. The first-order valence-corrected chi connectivity index (χ1v) is 10.9. The van der Waals surface area contributed by atoms with Crippen LogP contribution in [0.5, 0.6) is 0 Å². The molecular formula is C18H24ClN3O3S. The van der Waals surface area contributed by atoms with Crippen LogP contribution in [0, 0.1) is 0 Å². The number of hydrogen-bond acceptors (Lipinski definition) is 4. The van der Waals surface area contributed by atoms with Gasteiger partial charge < -0.3 is 4.74 Å². The third kappa shape index (κ3) is 4.85. The average Bonchev–Trinajstić information content (AvgIpc) is 2.95. The van der Waals surface area contributed by atoms with Crippen LogP contribution in [0.2, 0.25) is 5.02 Å². The molecule has 0 spiro atoms. The van der Waals surface area contributed by atoms with Crippen LogP contribution in [0.4, 0.5) is 0 Å². The monoisotopic (exact) mass is 397 g/mol. The van der Waals surface area contributed by atoms with Gasteiger partial charge in [-0.2, -0.15) is 5.10 Å². The van der Waals surface area contributed by atoms with Gasteiger partial charge in [-0.3, -0.25) is 4.68 Å². The number of sulfonamides is 1. The molecule has 6 nitrogen and oxygen atoms in total. The van der Waals surface area contributed by atoms with Gasteiger partial charge in [-0.1, -0.05) is 30.7 Å².